The molecule has 0 spiro atoms. The molecule has 0 aliphatic carbocycles. The number of hydrogen-bond donors (Lipinski definition) is 1. The van der Waals surface area contributed by atoms with E-state index in [1.54, 1.807) is 22.4 Å². The molecule has 25 heavy (non-hydrogen) atoms. The maximum Gasteiger partial charge on any atom is 0.354 e. The first kappa shape index (κ1) is 16.5. The van der Waals surface area contributed by atoms with E-state index in [1.165, 1.54) is 0 Å². The van der Waals surface area contributed by atoms with Crippen molar-refractivity contribution in [2.24, 2.45) is 0 Å². The summed E-state index contributed by atoms with van der Waals surface area (Å²) in [6.07, 6.45) is 2.00. The average molecular weight is 420 g/mol. The predicted octanol–water partition coefficient (Wildman–Crippen LogP) is 3.77. The molecule has 0 radical (unpaired) electrons. The van der Waals surface area contributed by atoms with Crippen molar-refractivity contribution in [2.75, 3.05) is 6.26 Å². The van der Waals surface area contributed by atoms with Gasteiger partial charge in [0.25, 0.3) is 5.56 Å². The van der Waals surface area contributed by atoms with Gasteiger partial charge in [-0.15, -0.1) is 11.8 Å². The summed E-state index contributed by atoms with van der Waals surface area (Å²) in [4.78, 5) is 26.1. The number of hydrogen-bond acceptors (Lipinski definition) is 5. The molecule has 0 fully saturated rings. The number of aromatic nitrogens is 1. The number of thioether (sulfide) groups is 1. The van der Waals surface area contributed by atoms with E-state index in [0.29, 0.717) is 0 Å². The van der Waals surface area contributed by atoms with E-state index in [1.807, 2.05) is 32.2 Å². The second-order valence-corrected chi connectivity index (χ2v) is 8.14. The molecule has 0 saturated carbocycles. The molecule has 0 saturated heterocycles. The highest BCUT2D eigenvalue weighted by Gasteiger charge is 2.38. The van der Waals surface area contributed by atoms with Crippen molar-refractivity contribution in [3.05, 3.63) is 60.8 Å². The third kappa shape index (κ3) is 2.09. The van der Waals surface area contributed by atoms with Gasteiger partial charge in [0.05, 0.1) is 5.69 Å². The van der Waals surface area contributed by atoms with Crippen LogP contribution in [0.1, 0.15) is 25.1 Å². The number of rotatable bonds is 1. The second-order valence-electron chi connectivity index (χ2n) is 6.47. The molecule has 128 valence electrons. The summed E-state index contributed by atoms with van der Waals surface area (Å²) in [5.41, 5.74) is 1.07. The van der Waals surface area contributed by atoms with Crippen LogP contribution in [-0.2, 0) is 5.41 Å². The molecule has 2 aromatic heterocycles. The van der Waals surface area contributed by atoms with Gasteiger partial charge in [-0.25, -0.2) is 4.79 Å². The van der Waals surface area contributed by atoms with Crippen LogP contribution >= 0.6 is 27.7 Å². The lowest BCUT2D eigenvalue weighted by Gasteiger charge is -2.20. The Morgan fingerprint density at radius 2 is 1.96 bits per heavy atom. The zero-order valence-electron chi connectivity index (χ0n) is 13.7. The standard InChI is InChI=1S/C18H14BrNO4S/c1-18(2)9-6-8(25-3)4-5-10(9)20-12(18)7-11-13(16(20)22)15(21)14(19)17(23)24-11/h4-7,21H,1-3H3. The van der Waals surface area contributed by atoms with Crippen LogP contribution < -0.4 is 11.2 Å². The van der Waals surface area contributed by atoms with Gasteiger partial charge in [-0.05, 0) is 45.9 Å². The molecule has 1 aromatic carbocycles. The molecular weight excluding hydrogens is 406 g/mol. The predicted molar refractivity (Wildman–Crippen MR) is 101 cm³/mol. The highest BCUT2D eigenvalue weighted by Crippen LogP contribution is 2.44. The molecule has 5 nitrogen and oxygen atoms in total. The average Bonchev–Trinajstić information content (AvgIpc) is 2.80. The van der Waals surface area contributed by atoms with E-state index in [4.69, 9.17) is 4.42 Å². The van der Waals surface area contributed by atoms with Crippen molar-refractivity contribution in [2.45, 2.75) is 24.2 Å². The Kier molecular flexibility index (Phi) is 3.46. The van der Waals surface area contributed by atoms with Gasteiger partial charge in [0.1, 0.15) is 15.4 Å². The smallest absolute Gasteiger partial charge is 0.354 e. The highest BCUT2D eigenvalue weighted by molar-refractivity contribution is 9.10. The van der Waals surface area contributed by atoms with Crippen molar-refractivity contribution >= 4 is 38.7 Å². The Balaban J connectivity index is 2.20. The van der Waals surface area contributed by atoms with Crippen molar-refractivity contribution in [1.29, 1.82) is 0 Å². The molecule has 1 N–H and O–H groups in total. The Morgan fingerprint density at radius 3 is 2.64 bits per heavy atom. The SMILES string of the molecule is CSc1ccc2c(c1)C(C)(C)c1cc3oc(=O)c(Br)c(O)c3c(=O)n1-2. The van der Waals surface area contributed by atoms with E-state index in [9.17, 15) is 14.7 Å². The van der Waals surface area contributed by atoms with E-state index >= 15 is 0 Å². The lowest BCUT2D eigenvalue weighted by molar-refractivity contribution is 0.461. The Hall–Kier alpha value is -1.99. The van der Waals surface area contributed by atoms with Crippen LogP contribution in [0.25, 0.3) is 16.7 Å². The first-order valence-corrected chi connectivity index (χ1v) is 9.60. The molecule has 7 heteroatoms. The van der Waals surface area contributed by atoms with Crippen molar-refractivity contribution in [3.8, 4) is 11.4 Å². The summed E-state index contributed by atoms with van der Waals surface area (Å²) >= 11 is 4.62. The molecule has 3 aromatic rings. The number of halogens is 1. The van der Waals surface area contributed by atoms with Crippen LogP contribution in [0, 0.1) is 0 Å². The lowest BCUT2D eigenvalue weighted by atomic mass is 9.83. The van der Waals surface area contributed by atoms with Crippen molar-refractivity contribution in [3.63, 3.8) is 0 Å². The van der Waals surface area contributed by atoms with Gasteiger partial charge >= 0.3 is 5.63 Å². The second kappa shape index (κ2) is 5.25. The van der Waals surface area contributed by atoms with Crippen LogP contribution in [0.4, 0.5) is 0 Å². The molecule has 0 amide bonds. The Labute approximate surface area is 155 Å². The third-order valence-electron chi connectivity index (χ3n) is 4.76. The topological polar surface area (TPSA) is 72.4 Å². The van der Waals surface area contributed by atoms with Crippen LogP contribution in [0.3, 0.4) is 0 Å². The quantitative estimate of drug-likeness (QED) is 0.607. The fourth-order valence-electron chi connectivity index (χ4n) is 3.41. The van der Waals surface area contributed by atoms with Crippen molar-refractivity contribution < 1.29 is 9.52 Å². The third-order valence-corrected chi connectivity index (χ3v) is 6.18. The van der Waals surface area contributed by atoms with Gasteiger partial charge in [-0.1, -0.05) is 13.8 Å². The summed E-state index contributed by atoms with van der Waals surface area (Å²) in [6, 6.07) is 7.62. The lowest BCUT2D eigenvalue weighted by Crippen LogP contribution is -2.24. The highest BCUT2D eigenvalue weighted by atomic mass is 79.9. The molecule has 3 heterocycles. The van der Waals surface area contributed by atoms with E-state index in [-0.39, 0.29) is 15.4 Å². The Morgan fingerprint density at radius 1 is 1.24 bits per heavy atom. The molecule has 0 bridgehead atoms. The fourth-order valence-corrected chi connectivity index (χ4v) is 4.13. The van der Waals surface area contributed by atoms with E-state index in [0.717, 1.165) is 21.8 Å². The summed E-state index contributed by atoms with van der Waals surface area (Å²) < 4.78 is 6.68. The van der Waals surface area contributed by atoms with Gasteiger partial charge in [0.15, 0.2) is 5.75 Å². The van der Waals surface area contributed by atoms with Gasteiger partial charge in [0, 0.05) is 22.1 Å². The summed E-state index contributed by atoms with van der Waals surface area (Å²) in [7, 11) is 0. The zero-order chi connectivity index (χ0) is 18.1. The Bertz CT molecular complexity index is 1180. The van der Waals surface area contributed by atoms with Gasteiger partial charge < -0.3 is 9.52 Å². The number of benzene rings is 1. The molecule has 4 rings (SSSR count). The molecular formula is C18H14BrNO4S. The number of aromatic hydroxyl groups is 1. The molecule has 0 unspecified atom stereocenters. The van der Waals surface area contributed by atoms with Gasteiger partial charge in [-0.3, -0.25) is 9.36 Å². The van der Waals surface area contributed by atoms with Gasteiger partial charge in [-0.2, -0.15) is 0 Å². The monoisotopic (exact) mass is 419 g/mol. The minimum Gasteiger partial charge on any atom is -0.506 e. The zero-order valence-corrected chi connectivity index (χ0v) is 16.1. The largest absolute Gasteiger partial charge is 0.506 e. The van der Waals surface area contributed by atoms with Crippen LogP contribution in [0.5, 0.6) is 5.75 Å². The number of fused-ring (bicyclic) bond motifs is 4. The fraction of sp³-hybridized carbons (Fsp3) is 0.222. The summed E-state index contributed by atoms with van der Waals surface area (Å²) in [5.74, 6) is -0.390. The van der Waals surface area contributed by atoms with Gasteiger partial charge in [0.2, 0.25) is 0 Å². The minimum atomic E-state index is -0.715. The summed E-state index contributed by atoms with van der Waals surface area (Å²) in [5, 5.41) is 10.3. The molecule has 1 aliphatic heterocycles. The van der Waals surface area contributed by atoms with Crippen molar-refractivity contribution in [1.82, 2.24) is 4.57 Å². The van der Waals surface area contributed by atoms with E-state index < -0.39 is 22.3 Å². The van der Waals surface area contributed by atoms with Crippen LogP contribution in [-0.4, -0.2) is 15.9 Å². The maximum absolute atomic E-state index is 13.1. The normalized spacial score (nSPS) is 14.6. The van der Waals surface area contributed by atoms with Crippen LogP contribution in [0.15, 0.2) is 47.6 Å². The maximum atomic E-state index is 13.1. The minimum absolute atomic E-state index is 0.00665. The number of nitrogens with zero attached hydrogens (tertiary/aromatic N) is 1. The number of pyridine rings is 1. The first-order chi connectivity index (χ1) is 11.8. The van der Waals surface area contributed by atoms with E-state index in [2.05, 4.69) is 22.0 Å². The molecule has 1 aliphatic rings. The summed E-state index contributed by atoms with van der Waals surface area (Å²) in [6.45, 7) is 4.05. The van der Waals surface area contributed by atoms with Crippen LogP contribution in [0.2, 0.25) is 0 Å². The first-order valence-electron chi connectivity index (χ1n) is 7.58. The molecule has 0 atom stereocenters.